The molecule has 36 heavy (non-hydrogen) atoms. The van der Waals surface area contributed by atoms with Crippen molar-refractivity contribution >= 4 is 32.7 Å². The highest BCUT2D eigenvalue weighted by Crippen LogP contribution is 2.34. The Morgan fingerprint density at radius 2 is 1.53 bits per heavy atom. The zero-order valence-electron chi connectivity index (χ0n) is 18.8. The molecule has 1 aliphatic rings. The normalized spacial score (nSPS) is 18.4. The quantitative estimate of drug-likeness (QED) is 0.247. The van der Waals surface area contributed by atoms with Gasteiger partial charge in [-0.25, -0.2) is 24.0 Å². The van der Waals surface area contributed by atoms with Crippen LogP contribution in [0.4, 0.5) is 24.9 Å². The lowest BCUT2D eigenvalue weighted by molar-refractivity contribution is -0.139. The number of nitrogens with one attached hydrogen (secondary N) is 3. The molecule has 0 aliphatic heterocycles. The maximum absolute atomic E-state index is 13.2. The summed E-state index contributed by atoms with van der Waals surface area (Å²) in [5.74, 6) is 6.99. The van der Waals surface area contributed by atoms with Gasteiger partial charge in [0.05, 0.1) is 16.0 Å². The highest BCUT2D eigenvalue weighted by Gasteiger charge is 2.37. The Bertz CT molecular complexity index is 1280. The molecule has 4 rings (SSSR count). The van der Waals surface area contributed by atoms with Crippen molar-refractivity contribution < 1.29 is 21.6 Å². The molecule has 5 N–H and O–H groups in total. The first-order valence-corrected chi connectivity index (χ1v) is 12.8. The van der Waals surface area contributed by atoms with Gasteiger partial charge >= 0.3 is 6.18 Å². The van der Waals surface area contributed by atoms with Crippen molar-refractivity contribution in [3.8, 4) is 0 Å². The number of aromatic nitrogens is 2. The summed E-state index contributed by atoms with van der Waals surface area (Å²) >= 11 is 0. The van der Waals surface area contributed by atoms with E-state index in [2.05, 4.69) is 25.4 Å². The van der Waals surface area contributed by atoms with E-state index in [0.717, 1.165) is 48.7 Å². The van der Waals surface area contributed by atoms with Crippen LogP contribution in [0.1, 0.15) is 38.7 Å². The molecule has 12 heteroatoms. The predicted molar refractivity (Wildman–Crippen MR) is 135 cm³/mol. The number of para-hydroxylation sites is 1. The number of rotatable bonds is 8. The fourth-order valence-electron chi connectivity index (χ4n) is 4.38. The second-order valence-corrected chi connectivity index (χ2v) is 10.4. The van der Waals surface area contributed by atoms with Gasteiger partial charge in [0.15, 0.2) is 5.82 Å². The third-order valence-electron chi connectivity index (χ3n) is 6.30. The van der Waals surface area contributed by atoms with Crippen LogP contribution in [-0.2, 0) is 16.2 Å². The van der Waals surface area contributed by atoms with Crippen LogP contribution >= 0.6 is 0 Å². The van der Waals surface area contributed by atoms with Gasteiger partial charge in [0.25, 0.3) is 0 Å². The van der Waals surface area contributed by atoms with Gasteiger partial charge in [-0.05, 0) is 61.8 Å². The molecule has 0 amide bonds. The first-order valence-electron chi connectivity index (χ1n) is 11.3. The molecule has 2 aromatic carbocycles. The third kappa shape index (κ3) is 6.42. The van der Waals surface area contributed by atoms with Gasteiger partial charge in [0, 0.05) is 18.5 Å². The summed E-state index contributed by atoms with van der Waals surface area (Å²) in [6.45, 7) is 0.758. The molecule has 1 fully saturated rings. The molecule has 1 heterocycles. The summed E-state index contributed by atoms with van der Waals surface area (Å²) in [6.07, 6.45) is -1.50. The molecule has 8 nitrogen and oxygen atoms in total. The Hall–Kier alpha value is -2.96. The van der Waals surface area contributed by atoms with Gasteiger partial charge in [0.2, 0.25) is 16.0 Å². The lowest BCUT2D eigenvalue weighted by Gasteiger charge is -2.29. The van der Waals surface area contributed by atoms with Crippen molar-refractivity contribution in [1.82, 2.24) is 14.7 Å². The van der Waals surface area contributed by atoms with E-state index < -0.39 is 26.7 Å². The van der Waals surface area contributed by atoms with Crippen LogP contribution in [0.2, 0.25) is 0 Å². The minimum atomic E-state index is -4.74. The Balaban J connectivity index is 0.00000361. The SMILES string of the molecule is C.NNc1nc(NCC2CCC(CNS(=O)(=O)c3ccccc3C(F)(F)F)CC2)nc2ccccc12. The van der Waals surface area contributed by atoms with E-state index in [4.69, 9.17) is 5.84 Å². The van der Waals surface area contributed by atoms with Crippen LogP contribution in [0.3, 0.4) is 0 Å². The number of hydrogen-bond donors (Lipinski definition) is 4. The first-order chi connectivity index (χ1) is 16.7. The minimum absolute atomic E-state index is 0. The number of halogens is 3. The number of fused-ring (bicyclic) bond motifs is 1. The molecule has 0 unspecified atom stereocenters. The van der Waals surface area contributed by atoms with Gasteiger partial charge in [-0.15, -0.1) is 0 Å². The number of alkyl halides is 3. The topological polar surface area (TPSA) is 122 Å². The van der Waals surface area contributed by atoms with Crippen molar-refractivity contribution in [3.63, 3.8) is 0 Å². The second kappa shape index (κ2) is 11.4. The van der Waals surface area contributed by atoms with Gasteiger partial charge in [-0.2, -0.15) is 18.2 Å². The zero-order valence-corrected chi connectivity index (χ0v) is 19.7. The van der Waals surface area contributed by atoms with E-state index >= 15 is 0 Å². The van der Waals surface area contributed by atoms with E-state index in [1.807, 2.05) is 24.3 Å². The fraction of sp³-hybridized carbons (Fsp3) is 0.417. The van der Waals surface area contributed by atoms with Crippen molar-refractivity contribution in [2.45, 2.75) is 44.2 Å². The third-order valence-corrected chi connectivity index (χ3v) is 7.78. The molecule has 1 aliphatic carbocycles. The van der Waals surface area contributed by atoms with Crippen molar-refractivity contribution in [2.75, 3.05) is 23.8 Å². The number of anilines is 2. The van der Waals surface area contributed by atoms with E-state index in [1.54, 1.807) is 0 Å². The number of benzene rings is 2. The van der Waals surface area contributed by atoms with E-state index in [9.17, 15) is 21.6 Å². The maximum Gasteiger partial charge on any atom is 0.417 e. The van der Waals surface area contributed by atoms with E-state index in [0.29, 0.717) is 24.2 Å². The predicted octanol–water partition coefficient (Wildman–Crippen LogP) is 4.77. The molecule has 0 spiro atoms. The van der Waals surface area contributed by atoms with Crippen LogP contribution < -0.4 is 21.3 Å². The second-order valence-electron chi connectivity index (χ2n) is 8.67. The Labute approximate surface area is 208 Å². The summed E-state index contributed by atoms with van der Waals surface area (Å²) in [4.78, 5) is 8.19. The van der Waals surface area contributed by atoms with Crippen LogP contribution in [0.15, 0.2) is 53.4 Å². The number of nitrogens with zero attached hydrogens (tertiary/aromatic N) is 2. The summed E-state index contributed by atoms with van der Waals surface area (Å²) in [6, 6.07) is 11.7. The summed E-state index contributed by atoms with van der Waals surface area (Å²) in [5, 5.41) is 4.08. The summed E-state index contributed by atoms with van der Waals surface area (Å²) in [7, 11) is -4.27. The lowest BCUT2D eigenvalue weighted by Crippen LogP contribution is -2.33. The number of nitrogen functional groups attached to an aromatic ring is 1. The largest absolute Gasteiger partial charge is 0.417 e. The molecule has 1 saturated carbocycles. The number of sulfonamides is 1. The highest BCUT2D eigenvalue weighted by molar-refractivity contribution is 7.89. The van der Waals surface area contributed by atoms with Crippen LogP contribution in [0.25, 0.3) is 10.9 Å². The lowest BCUT2D eigenvalue weighted by atomic mass is 9.82. The monoisotopic (exact) mass is 524 g/mol. The van der Waals surface area contributed by atoms with Crippen LogP contribution in [0, 0.1) is 11.8 Å². The molecule has 0 bridgehead atoms. The number of nitrogens with two attached hydrogens (primary N) is 1. The van der Waals surface area contributed by atoms with Gasteiger partial charge in [-0.3, -0.25) is 0 Å². The van der Waals surface area contributed by atoms with Gasteiger partial charge < -0.3 is 10.7 Å². The summed E-state index contributed by atoms with van der Waals surface area (Å²) < 4.78 is 67.1. The van der Waals surface area contributed by atoms with Crippen LogP contribution in [-0.4, -0.2) is 31.5 Å². The molecule has 0 saturated heterocycles. The molecule has 1 aromatic heterocycles. The smallest absolute Gasteiger partial charge is 0.354 e. The average Bonchev–Trinajstić information content (AvgIpc) is 2.86. The standard InChI is InChI=1S/C23H27F3N6O2S.CH4/c24-23(25,26)18-6-2-4-8-20(18)35(33,34)29-14-16-11-9-15(10-12-16)13-28-22-30-19-7-3-1-5-17(19)21(31-22)32-27;/h1-8,15-16,29H,9-14,27H2,(H2,28,30,31,32);1H4. The molecule has 3 aromatic rings. The molecule has 0 radical (unpaired) electrons. The maximum atomic E-state index is 13.2. The molecular formula is C24H31F3N6O2S. The van der Waals surface area contributed by atoms with Crippen molar-refractivity contribution in [2.24, 2.45) is 17.7 Å². The van der Waals surface area contributed by atoms with Crippen molar-refractivity contribution in [3.05, 3.63) is 54.1 Å². The molecule has 196 valence electrons. The van der Waals surface area contributed by atoms with Crippen LogP contribution in [0.5, 0.6) is 0 Å². The number of hydrogen-bond acceptors (Lipinski definition) is 7. The average molecular weight is 525 g/mol. The zero-order chi connectivity index (χ0) is 25.1. The van der Waals surface area contributed by atoms with E-state index in [-0.39, 0.29) is 19.9 Å². The molecular weight excluding hydrogens is 493 g/mol. The Morgan fingerprint density at radius 1 is 0.917 bits per heavy atom. The van der Waals surface area contributed by atoms with Gasteiger partial charge in [-0.1, -0.05) is 31.7 Å². The minimum Gasteiger partial charge on any atom is -0.354 e. The highest BCUT2D eigenvalue weighted by atomic mass is 32.2. The van der Waals surface area contributed by atoms with Gasteiger partial charge in [0.1, 0.15) is 0 Å². The summed E-state index contributed by atoms with van der Waals surface area (Å²) in [5.41, 5.74) is 2.20. The Morgan fingerprint density at radius 3 is 2.19 bits per heavy atom. The Kier molecular flexibility index (Phi) is 8.75. The number of hydrazine groups is 1. The molecule has 0 atom stereocenters. The fourth-order valence-corrected chi connectivity index (χ4v) is 5.72. The van der Waals surface area contributed by atoms with Crippen molar-refractivity contribution in [1.29, 1.82) is 0 Å². The first kappa shape index (κ1) is 27.6. The van der Waals surface area contributed by atoms with E-state index in [1.165, 1.54) is 12.1 Å².